The van der Waals surface area contributed by atoms with Crippen molar-refractivity contribution in [2.45, 2.75) is 44.6 Å². The number of hydrogen-bond donors (Lipinski definition) is 1. The van der Waals surface area contributed by atoms with E-state index in [1.807, 2.05) is 0 Å². The molecule has 0 bridgehead atoms. The van der Waals surface area contributed by atoms with Crippen molar-refractivity contribution in [3.8, 4) is 5.75 Å². The number of nitrogens with one attached hydrogen (secondary N) is 1. The summed E-state index contributed by atoms with van der Waals surface area (Å²) < 4.78 is 5.74. The summed E-state index contributed by atoms with van der Waals surface area (Å²) in [4.78, 5) is 2.63. The summed E-state index contributed by atoms with van der Waals surface area (Å²) in [6, 6.07) is 9.15. The number of rotatable bonds is 5. The molecular weight excluding hydrogens is 260 g/mol. The Labute approximate surface area is 128 Å². The molecule has 0 aliphatic carbocycles. The summed E-state index contributed by atoms with van der Waals surface area (Å²) in [5, 5.41) is 3.70. The summed E-state index contributed by atoms with van der Waals surface area (Å²) in [7, 11) is 0. The lowest BCUT2D eigenvalue weighted by molar-refractivity contribution is 0.169. The van der Waals surface area contributed by atoms with Gasteiger partial charge < -0.3 is 10.1 Å². The van der Waals surface area contributed by atoms with E-state index in [0.717, 1.165) is 31.9 Å². The van der Waals surface area contributed by atoms with E-state index in [0.29, 0.717) is 12.0 Å². The van der Waals surface area contributed by atoms with Crippen LogP contribution >= 0.6 is 0 Å². The monoisotopic (exact) mass is 288 g/mol. The Morgan fingerprint density at radius 2 is 2.05 bits per heavy atom. The van der Waals surface area contributed by atoms with E-state index < -0.39 is 0 Å². The topological polar surface area (TPSA) is 24.5 Å². The first-order valence-electron chi connectivity index (χ1n) is 8.51. The van der Waals surface area contributed by atoms with Crippen LogP contribution in [0, 0.1) is 0 Å². The Morgan fingerprint density at radius 3 is 2.90 bits per heavy atom. The molecule has 1 aromatic carbocycles. The molecule has 0 spiro atoms. The van der Waals surface area contributed by atoms with Crippen LogP contribution in [0.3, 0.4) is 0 Å². The third-order valence-corrected chi connectivity index (χ3v) is 4.93. The smallest absolute Gasteiger partial charge is 0.122 e. The van der Waals surface area contributed by atoms with Gasteiger partial charge >= 0.3 is 0 Å². The van der Waals surface area contributed by atoms with E-state index in [1.165, 1.54) is 37.9 Å². The van der Waals surface area contributed by atoms with Crippen molar-refractivity contribution in [1.82, 2.24) is 10.2 Å². The molecule has 1 saturated heterocycles. The molecule has 0 aromatic heterocycles. The molecule has 3 rings (SSSR count). The second kappa shape index (κ2) is 7.28. The molecular formula is C18H28N2O. The minimum Gasteiger partial charge on any atom is -0.493 e. The molecule has 2 aliphatic heterocycles. The van der Waals surface area contributed by atoms with E-state index in [9.17, 15) is 0 Å². The zero-order chi connectivity index (χ0) is 14.5. The van der Waals surface area contributed by atoms with Gasteiger partial charge in [-0.05, 0) is 50.9 Å². The largest absolute Gasteiger partial charge is 0.493 e. The third kappa shape index (κ3) is 3.78. The van der Waals surface area contributed by atoms with Crippen molar-refractivity contribution < 1.29 is 4.74 Å². The summed E-state index contributed by atoms with van der Waals surface area (Å²) in [6.07, 6.45) is 5.28. The first-order valence-corrected chi connectivity index (χ1v) is 8.51. The van der Waals surface area contributed by atoms with E-state index in [1.54, 1.807) is 0 Å². The van der Waals surface area contributed by atoms with Crippen LogP contribution in [0.15, 0.2) is 24.3 Å². The minimum atomic E-state index is 0.600. The van der Waals surface area contributed by atoms with Gasteiger partial charge in [0.15, 0.2) is 0 Å². The maximum Gasteiger partial charge on any atom is 0.122 e. The number of likely N-dealkylation sites (tertiary alicyclic amines) is 1. The van der Waals surface area contributed by atoms with Gasteiger partial charge in [0.25, 0.3) is 0 Å². The molecule has 2 atom stereocenters. The molecule has 3 heteroatoms. The Kier molecular flexibility index (Phi) is 5.15. The SMILES string of the molecule is CC(CNCC1CCOc2ccccc21)N1CCCCC1. The molecule has 1 N–H and O–H groups in total. The van der Waals surface area contributed by atoms with Gasteiger partial charge in [-0.25, -0.2) is 0 Å². The van der Waals surface area contributed by atoms with Crippen LogP contribution < -0.4 is 10.1 Å². The average Bonchev–Trinajstić information content (AvgIpc) is 2.56. The lowest BCUT2D eigenvalue weighted by Gasteiger charge is -2.33. The molecule has 1 aromatic rings. The predicted octanol–water partition coefficient (Wildman–Crippen LogP) is 3.02. The summed E-state index contributed by atoms with van der Waals surface area (Å²) in [5.74, 6) is 1.68. The number of benzene rings is 1. The van der Waals surface area contributed by atoms with Crippen LogP contribution in [0.1, 0.15) is 44.1 Å². The van der Waals surface area contributed by atoms with Gasteiger partial charge in [-0.1, -0.05) is 24.6 Å². The zero-order valence-corrected chi connectivity index (χ0v) is 13.2. The van der Waals surface area contributed by atoms with Crippen LogP contribution in [0.5, 0.6) is 5.75 Å². The third-order valence-electron chi connectivity index (χ3n) is 4.93. The summed E-state index contributed by atoms with van der Waals surface area (Å²) >= 11 is 0. The summed E-state index contributed by atoms with van der Waals surface area (Å²) in [6.45, 7) is 7.94. The highest BCUT2D eigenvalue weighted by atomic mass is 16.5. The van der Waals surface area contributed by atoms with Gasteiger partial charge in [-0.2, -0.15) is 0 Å². The fourth-order valence-corrected chi connectivity index (χ4v) is 3.58. The van der Waals surface area contributed by atoms with Crippen molar-refractivity contribution in [3.63, 3.8) is 0 Å². The number of fused-ring (bicyclic) bond motifs is 1. The van der Waals surface area contributed by atoms with Crippen LogP contribution in [0.2, 0.25) is 0 Å². The highest BCUT2D eigenvalue weighted by molar-refractivity contribution is 5.37. The fourth-order valence-electron chi connectivity index (χ4n) is 3.58. The van der Waals surface area contributed by atoms with Crippen LogP contribution in [-0.4, -0.2) is 43.7 Å². The quantitative estimate of drug-likeness (QED) is 0.901. The normalized spacial score (nSPS) is 24.1. The molecule has 0 amide bonds. The molecule has 0 saturated carbocycles. The van der Waals surface area contributed by atoms with Gasteiger partial charge in [-0.3, -0.25) is 4.90 Å². The van der Waals surface area contributed by atoms with Crippen LogP contribution in [0.4, 0.5) is 0 Å². The molecule has 1 fully saturated rings. The van der Waals surface area contributed by atoms with Crippen molar-refractivity contribution in [1.29, 1.82) is 0 Å². The minimum absolute atomic E-state index is 0.600. The first-order chi connectivity index (χ1) is 10.3. The molecule has 2 unspecified atom stereocenters. The first kappa shape index (κ1) is 14.9. The maximum absolute atomic E-state index is 5.74. The lowest BCUT2D eigenvalue weighted by atomic mass is 9.93. The summed E-state index contributed by atoms with van der Waals surface area (Å²) in [5.41, 5.74) is 1.38. The highest BCUT2D eigenvalue weighted by Gasteiger charge is 2.21. The Balaban J connectivity index is 1.47. The number of ether oxygens (including phenoxy) is 1. The van der Waals surface area contributed by atoms with Gasteiger partial charge in [0.1, 0.15) is 5.75 Å². The molecule has 116 valence electrons. The van der Waals surface area contributed by atoms with Gasteiger partial charge in [-0.15, -0.1) is 0 Å². The van der Waals surface area contributed by atoms with Gasteiger partial charge in [0.2, 0.25) is 0 Å². The Bertz CT molecular complexity index is 443. The standard InChI is InChI=1S/C18H28N2O/c1-15(20-10-5-2-6-11-20)13-19-14-16-9-12-21-18-8-4-3-7-17(16)18/h3-4,7-8,15-16,19H,2,5-6,9-14H2,1H3. The average molecular weight is 288 g/mol. The molecule has 21 heavy (non-hydrogen) atoms. The van der Waals surface area contributed by atoms with Crippen LogP contribution in [-0.2, 0) is 0 Å². The van der Waals surface area contributed by atoms with Gasteiger partial charge in [0, 0.05) is 25.0 Å². The van der Waals surface area contributed by atoms with Crippen molar-refractivity contribution in [2.24, 2.45) is 0 Å². The predicted molar refractivity (Wildman–Crippen MR) is 87.1 cm³/mol. The Morgan fingerprint density at radius 1 is 1.24 bits per heavy atom. The highest BCUT2D eigenvalue weighted by Crippen LogP contribution is 2.32. The second-order valence-electron chi connectivity index (χ2n) is 6.48. The molecule has 0 radical (unpaired) electrons. The Hall–Kier alpha value is -1.06. The number of hydrogen-bond acceptors (Lipinski definition) is 3. The number of para-hydroxylation sites is 1. The van der Waals surface area contributed by atoms with E-state index in [2.05, 4.69) is 41.4 Å². The van der Waals surface area contributed by atoms with Crippen molar-refractivity contribution >= 4 is 0 Å². The molecule has 2 aliphatic rings. The second-order valence-corrected chi connectivity index (χ2v) is 6.48. The number of piperidine rings is 1. The fraction of sp³-hybridized carbons (Fsp3) is 0.667. The maximum atomic E-state index is 5.74. The molecule has 2 heterocycles. The molecule has 3 nitrogen and oxygen atoms in total. The zero-order valence-electron chi connectivity index (χ0n) is 13.2. The van der Waals surface area contributed by atoms with Gasteiger partial charge in [0.05, 0.1) is 6.61 Å². The van der Waals surface area contributed by atoms with E-state index in [4.69, 9.17) is 4.74 Å². The van der Waals surface area contributed by atoms with Crippen molar-refractivity contribution in [2.75, 3.05) is 32.8 Å². The number of nitrogens with zero attached hydrogens (tertiary/aromatic N) is 1. The van der Waals surface area contributed by atoms with E-state index in [-0.39, 0.29) is 0 Å². The van der Waals surface area contributed by atoms with Crippen LogP contribution in [0.25, 0.3) is 0 Å². The van der Waals surface area contributed by atoms with E-state index >= 15 is 0 Å². The van der Waals surface area contributed by atoms with Crippen molar-refractivity contribution in [3.05, 3.63) is 29.8 Å². The lowest BCUT2D eigenvalue weighted by Crippen LogP contribution is -2.44.